The molecule has 2 heterocycles. The lowest BCUT2D eigenvalue weighted by molar-refractivity contribution is 0.166. The van der Waals surface area contributed by atoms with E-state index in [4.69, 9.17) is 0 Å². The molecule has 0 bridgehead atoms. The Labute approximate surface area is 134 Å². The molecule has 1 fully saturated rings. The molecular weight excluding hydrogens is 276 g/mol. The third-order valence-electron chi connectivity index (χ3n) is 4.46. The average Bonchev–Trinajstić information content (AvgIpc) is 2.91. The number of aryl methyl sites for hydroxylation is 1. The molecule has 0 aromatic carbocycles. The third kappa shape index (κ3) is 5.37. The second-order valence-electron chi connectivity index (χ2n) is 6.72. The number of piperidine rings is 1. The van der Waals surface area contributed by atoms with Gasteiger partial charge < -0.3 is 19.7 Å². The van der Waals surface area contributed by atoms with Gasteiger partial charge in [-0.2, -0.15) is 0 Å². The standard InChI is InChI=1S/C17H30N4O/c1-19(2)9-4-5-15-7-11-21(12-8-15)17(22)18-13-16-6-10-20(3)14-16/h6,10,14-15H,4-5,7-9,11-13H2,1-3H3,(H,18,22). The molecule has 5 heteroatoms. The fourth-order valence-electron chi connectivity index (χ4n) is 3.08. The van der Waals surface area contributed by atoms with Crippen LogP contribution in [0.3, 0.4) is 0 Å². The van der Waals surface area contributed by atoms with Crippen LogP contribution in [-0.2, 0) is 13.6 Å². The molecule has 0 saturated carbocycles. The van der Waals surface area contributed by atoms with Gasteiger partial charge in [0.25, 0.3) is 0 Å². The van der Waals surface area contributed by atoms with Crippen LogP contribution < -0.4 is 5.32 Å². The molecule has 1 aliphatic heterocycles. The van der Waals surface area contributed by atoms with Crippen LogP contribution >= 0.6 is 0 Å². The molecule has 0 spiro atoms. The summed E-state index contributed by atoms with van der Waals surface area (Å²) >= 11 is 0. The number of hydrogen-bond acceptors (Lipinski definition) is 2. The maximum atomic E-state index is 12.2. The average molecular weight is 306 g/mol. The monoisotopic (exact) mass is 306 g/mol. The maximum absolute atomic E-state index is 12.2. The normalized spacial score (nSPS) is 16.3. The number of carbonyl (C=O) groups is 1. The van der Waals surface area contributed by atoms with Crippen molar-refractivity contribution in [3.63, 3.8) is 0 Å². The van der Waals surface area contributed by atoms with E-state index >= 15 is 0 Å². The third-order valence-corrected chi connectivity index (χ3v) is 4.46. The number of likely N-dealkylation sites (tertiary alicyclic amines) is 1. The Balaban J connectivity index is 1.64. The van der Waals surface area contributed by atoms with E-state index < -0.39 is 0 Å². The first-order chi connectivity index (χ1) is 10.5. The van der Waals surface area contributed by atoms with Gasteiger partial charge >= 0.3 is 6.03 Å². The first-order valence-corrected chi connectivity index (χ1v) is 8.33. The van der Waals surface area contributed by atoms with E-state index in [0.717, 1.165) is 44.0 Å². The van der Waals surface area contributed by atoms with Gasteiger partial charge in [0, 0.05) is 39.1 Å². The van der Waals surface area contributed by atoms with Crippen LogP contribution in [0, 0.1) is 5.92 Å². The summed E-state index contributed by atoms with van der Waals surface area (Å²) in [6.45, 7) is 3.57. The maximum Gasteiger partial charge on any atom is 0.317 e. The minimum atomic E-state index is 0.0793. The van der Waals surface area contributed by atoms with E-state index in [9.17, 15) is 4.79 Å². The SMILES string of the molecule is CN(C)CCCC1CCN(C(=O)NCc2ccn(C)c2)CC1. The predicted octanol–water partition coefficient (Wildman–Crippen LogP) is 2.29. The van der Waals surface area contributed by atoms with Crippen molar-refractivity contribution in [3.05, 3.63) is 24.0 Å². The highest BCUT2D eigenvalue weighted by Gasteiger charge is 2.22. The van der Waals surface area contributed by atoms with Crippen molar-refractivity contribution in [2.45, 2.75) is 32.2 Å². The molecule has 124 valence electrons. The van der Waals surface area contributed by atoms with Gasteiger partial charge in [0.2, 0.25) is 0 Å². The molecular formula is C17H30N4O. The Morgan fingerprint density at radius 2 is 2.09 bits per heavy atom. The number of nitrogens with one attached hydrogen (secondary N) is 1. The lowest BCUT2D eigenvalue weighted by Gasteiger charge is -2.32. The first kappa shape index (κ1) is 16.9. The van der Waals surface area contributed by atoms with Crippen molar-refractivity contribution in [2.75, 3.05) is 33.7 Å². The molecule has 22 heavy (non-hydrogen) atoms. The van der Waals surface area contributed by atoms with Gasteiger partial charge in [0.15, 0.2) is 0 Å². The zero-order valence-corrected chi connectivity index (χ0v) is 14.2. The second-order valence-corrected chi connectivity index (χ2v) is 6.72. The van der Waals surface area contributed by atoms with E-state index in [-0.39, 0.29) is 6.03 Å². The Kier molecular flexibility index (Phi) is 6.31. The van der Waals surface area contributed by atoms with Gasteiger partial charge in [-0.1, -0.05) is 0 Å². The molecule has 0 unspecified atom stereocenters. The Bertz CT molecular complexity index is 461. The summed E-state index contributed by atoms with van der Waals surface area (Å²) in [5.41, 5.74) is 1.15. The largest absolute Gasteiger partial charge is 0.357 e. The van der Waals surface area contributed by atoms with Crippen LogP contribution in [-0.4, -0.2) is 54.1 Å². The van der Waals surface area contributed by atoms with Crippen molar-refractivity contribution in [1.82, 2.24) is 19.7 Å². The molecule has 1 aliphatic rings. The van der Waals surface area contributed by atoms with Crippen LogP contribution in [0.15, 0.2) is 18.5 Å². The van der Waals surface area contributed by atoms with E-state index in [2.05, 4.69) is 24.3 Å². The number of carbonyl (C=O) groups excluding carboxylic acids is 1. The number of amides is 2. The summed E-state index contributed by atoms with van der Waals surface area (Å²) < 4.78 is 2.00. The van der Waals surface area contributed by atoms with E-state index in [0.29, 0.717) is 6.54 Å². The molecule has 2 rings (SSSR count). The Morgan fingerprint density at radius 1 is 1.36 bits per heavy atom. The molecule has 0 radical (unpaired) electrons. The smallest absolute Gasteiger partial charge is 0.317 e. The molecule has 1 aromatic heterocycles. The second kappa shape index (κ2) is 8.22. The van der Waals surface area contributed by atoms with Crippen molar-refractivity contribution < 1.29 is 4.79 Å². The highest BCUT2D eigenvalue weighted by atomic mass is 16.2. The number of hydrogen-bond donors (Lipinski definition) is 1. The van der Waals surface area contributed by atoms with Crippen molar-refractivity contribution in [1.29, 1.82) is 0 Å². The Morgan fingerprint density at radius 3 is 2.68 bits per heavy atom. The van der Waals surface area contributed by atoms with Crippen molar-refractivity contribution >= 4 is 6.03 Å². The zero-order chi connectivity index (χ0) is 15.9. The minimum Gasteiger partial charge on any atom is -0.357 e. The minimum absolute atomic E-state index is 0.0793. The quantitative estimate of drug-likeness (QED) is 0.876. The van der Waals surface area contributed by atoms with Crippen LogP contribution in [0.5, 0.6) is 0 Å². The number of urea groups is 1. The van der Waals surface area contributed by atoms with Crippen molar-refractivity contribution in [2.24, 2.45) is 13.0 Å². The number of aromatic nitrogens is 1. The first-order valence-electron chi connectivity index (χ1n) is 8.33. The van der Waals surface area contributed by atoms with E-state index in [1.54, 1.807) is 0 Å². The van der Waals surface area contributed by atoms with Crippen LogP contribution in [0.1, 0.15) is 31.2 Å². The fraction of sp³-hybridized carbons (Fsp3) is 0.706. The molecule has 0 aliphatic carbocycles. The summed E-state index contributed by atoms with van der Waals surface area (Å²) in [5.74, 6) is 0.790. The molecule has 0 atom stereocenters. The van der Waals surface area contributed by atoms with Gasteiger partial charge in [0.05, 0.1) is 0 Å². The zero-order valence-electron chi connectivity index (χ0n) is 14.2. The van der Waals surface area contributed by atoms with Gasteiger partial charge in [-0.05, 0) is 63.9 Å². The van der Waals surface area contributed by atoms with E-state index in [1.807, 2.05) is 35.0 Å². The lowest BCUT2D eigenvalue weighted by Crippen LogP contribution is -2.44. The summed E-state index contributed by atoms with van der Waals surface area (Å²) in [5, 5.41) is 3.02. The fourth-order valence-corrected chi connectivity index (χ4v) is 3.08. The predicted molar refractivity (Wildman–Crippen MR) is 89.7 cm³/mol. The summed E-state index contributed by atoms with van der Waals surface area (Å²) in [6, 6.07) is 2.12. The molecule has 1 saturated heterocycles. The summed E-state index contributed by atoms with van der Waals surface area (Å²) in [7, 11) is 6.24. The van der Waals surface area contributed by atoms with Crippen LogP contribution in [0.4, 0.5) is 4.79 Å². The topological polar surface area (TPSA) is 40.5 Å². The highest BCUT2D eigenvalue weighted by molar-refractivity contribution is 5.74. The number of rotatable bonds is 6. The van der Waals surface area contributed by atoms with Gasteiger partial charge in [0.1, 0.15) is 0 Å². The molecule has 1 aromatic rings. The lowest BCUT2D eigenvalue weighted by atomic mass is 9.92. The molecule has 2 amide bonds. The van der Waals surface area contributed by atoms with Crippen LogP contribution in [0.2, 0.25) is 0 Å². The summed E-state index contributed by atoms with van der Waals surface area (Å²) in [4.78, 5) is 16.4. The van der Waals surface area contributed by atoms with Gasteiger partial charge in [-0.3, -0.25) is 0 Å². The van der Waals surface area contributed by atoms with E-state index in [1.165, 1.54) is 12.8 Å². The van der Waals surface area contributed by atoms with Gasteiger partial charge in [-0.15, -0.1) is 0 Å². The van der Waals surface area contributed by atoms with Crippen molar-refractivity contribution in [3.8, 4) is 0 Å². The van der Waals surface area contributed by atoms with Gasteiger partial charge in [-0.25, -0.2) is 4.79 Å². The highest BCUT2D eigenvalue weighted by Crippen LogP contribution is 2.21. The molecule has 1 N–H and O–H groups in total. The van der Waals surface area contributed by atoms with Crippen LogP contribution in [0.25, 0.3) is 0 Å². The summed E-state index contributed by atoms with van der Waals surface area (Å²) in [6.07, 6.45) is 8.88. The number of nitrogens with zero attached hydrogens (tertiary/aromatic N) is 3. The molecule has 5 nitrogen and oxygen atoms in total. The Hall–Kier alpha value is -1.49.